The van der Waals surface area contributed by atoms with E-state index in [1.165, 1.54) is 12.0 Å². The first-order valence-electron chi connectivity index (χ1n) is 7.01. The number of esters is 1. The third kappa shape index (κ3) is 3.19. The zero-order valence-electron chi connectivity index (χ0n) is 12.8. The molecule has 1 aliphatic heterocycles. The van der Waals surface area contributed by atoms with Crippen molar-refractivity contribution < 1.29 is 18.7 Å². The molecule has 1 aromatic rings. The molecular weight excluding hydrogens is 304 g/mol. The minimum absolute atomic E-state index is 0.188. The van der Waals surface area contributed by atoms with E-state index in [4.69, 9.17) is 16.6 Å². The Morgan fingerprint density at radius 2 is 2.27 bits per heavy atom. The predicted molar refractivity (Wildman–Crippen MR) is 85.1 cm³/mol. The number of methoxy groups -OCH3 is 1. The van der Waals surface area contributed by atoms with E-state index in [1.54, 1.807) is 19.1 Å². The first-order valence-corrected chi connectivity index (χ1v) is 7.42. The first kappa shape index (κ1) is 16.2. The van der Waals surface area contributed by atoms with Gasteiger partial charge in [-0.1, -0.05) is 13.3 Å². The van der Waals surface area contributed by atoms with Crippen molar-refractivity contribution in [2.45, 2.75) is 26.7 Å². The molecule has 1 aliphatic rings. The van der Waals surface area contributed by atoms with Gasteiger partial charge in [-0.25, -0.2) is 4.79 Å². The maximum absolute atomic E-state index is 12.3. The number of nitrogens with one attached hydrogen (secondary N) is 1. The molecule has 0 aromatic carbocycles. The number of amides is 1. The number of carbonyl (C=O) groups is 2. The van der Waals surface area contributed by atoms with Gasteiger partial charge in [-0.2, -0.15) is 0 Å². The quantitative estimate of drug-likeness (QED) is 0.509. The lowest BCUT2D eigenvalue weighted by Gasteiger charge is -2.12. The summed E-state index contributed by atoms with van der Waals surface area (Å²) in [7, 11) is 1.30. The highest BCUT2D eigenvalue weighted by molar-refractivity contribution is 7.80. The van der Waals surface area contributed by atoms with Crippen LogP contribution >= 0.6 is 12.2 Å². The minimum Gasteiger partial charge on any atom is -0.465 e. The van der Waals surface area contributed by atoms with E-state index in [1.807, 2.05) is 6.92 Å². The van der Waals surface area contributed by atoms with Gasteiger partial charge in [-0.15, -0.1) is 0 Å². The van der Waals surface area contributed by atoms with E-state index in [0.29, 0.717) is 34.4 Å². The Morgan fingerprint density at radius 1 is 1.55 bits per heavy atom. The Kier molecular flexibility index (Phi) is 4.97. The molecule has 6 nitrogen and oxygen atoms in total. The smallest absolute Gasteiger partial charge is 0.341 e. The lowest BCUT2D eigenvalue weighted by Crippen LogP contribution is -2.31. The van der Waals surface area contributed by atoms with Crippen LogP contribution in [0.3, 0.4) is 0 Å². The van der Waals surface area contributed by atoms with Crippen molar-refractivity contribution in [3.8, 4) is 0 Å². The Morgan fingerprint density at radius 3 is 2.91 bits per heavy atom. The van der Waals surface area contributed by atoms with Crippen molar-refractivity contribution >= 4 is 35.3 Å². The Balaban J connectivity index is 2.22. The van der Waals surface area contributed by atoms with E-state index >= 15 is 0 Å². The molecule has 118 valence electrons. The number of aryl methyl sites for hydroxylation is 1. The van der Waals surface area contributed by atoms with Crippen molar-refractivity contribution in [2.75, 3.05) is 13.7 Å². The monoisotopic (exact) mass is 322 g/mol. The number of nitrogens with zero attached hydrogens (tertiary/aromatic N) is 1. The van der Waals surface area contributed by atoms with Gasteiger partial charge in [0.15, 0.2) is 5.11 Å². The largest absolute Gasteiger partial charge is 0.465 e. The van der Waals surface area contributed by atoms with Crippen LogP contribution in [0.1, 0.15) is 41.6 Å². The highest BCUT2D eigenvalue weighted by Crippen LogP contribution is 2.20. The Bertz CT molecular complexity index is 648. The van der Waals surface area contributed by atoms with Gasteiger partial charge in [0.05, 0.1) is 7.11 Å². The normalized spacial score (nSPS) is 16.3. The molecule has 1 N–H and O–H groups in total. The highest BCUT2D eigenvalue weighted by Gasteiger charge is 2.30. The van der Waals surface area contributed by atoms with Crippen LogP contribution in [0.2, 0.25) is 0 Å². The molecule has 2 heterocycles. The van der Waals surface area contributed by atoms with Gasteiger partial charge in [0.2, 0.25) is 0 Å². The van der Waals surface area contributed by atoms with Crippen LogP contribution in [0.15, 0.2) is 16.2 Å². The molecule has 0 atom stereocenters. The fourth-order valence-corrected chi connectivity index (χ4v) is 2.41. The van der Waals surface area contributed by atoms with Gasteiger partial charge in [0.1, 0.15) is 22.8 Å². The molecule has 7 heteroatoms. The Labute approximate surface area is 134 Å². The summed E-state index contributed by atoms with van der Waals surface area (Å²) in [6.07, 6.45) is 3.40. The van der Waals surface area contributed by atoms with Gasteiger partial charge in [-0.3, -0.25) is 9.69 Å². The van der Waals surface area contributed by atoms with Crippen LogP contribution in [0.25, 0.3) is 6.08 Å². The van der Waals surface area contributed by atoms with Crippen molar-refractivity contribution in [1.82, 2.24) is 10.2 Å². The second-order valence-electron chi connectivity index (χ2n) is 4.91. The minimum atomic E-state index is -0.475. The number of furan rings is 1. The van der Waals surface area contributed by atoms with Crippen LogP contribution in [-0.4, -0.2) is 35.5 Å². The molecule has 0 aliphatic carbocycles. The number of unbranched alkanes of at least 4 members (excludes halogenated alkanes) is 1. The molecule has 2 rings (SSSR count). The van der Waals surface area contributed by atoms with Crippen LogP contribution in [0.4, 0.5) is 0 Å². The lowest BCUT2D eigenvalue weighted by atomic mass is 10.2. The summed E-state index contributed by atoms with van der Waals surface area (Å²) in [6, 6.07) is 1.54. The summed E-state index contributed by atoms with van der Waals surface area (Å²) >= 11 is 5.16. The fraction of sp³-hybridized carbons (Fsp3) is 0.400. The molecule has 0 saturated carbocycles. The van der Waals surface area contributed by atoms with Crippen molar-refractivity contribution in [2.24, 2.45) is 0 Å². The van der Waals surface area contributed by atoms with E-state index in [9.17, 15) is 9.59 Å². The number of ether oxygens (including phenoxy) is 1. The summed E-state index contributed by atoms with van der Waals surface area (Å²) in [5.74, 6) is 0.173. The zero-order valence-corrected chi connectivity index (χ0v) is 13.6. The topological polar surface area (TPSA) is 71.8 Å². The number of hydrogen-bond acceptors (Lipinski definition) is 5. The highest BCUT2D eigenvalue weighted by atomic mass is 32.1. The summed E-state index contributed by atoms with van der Waals surface area (Å²) in [5, 5.41) is 3.27. The second-order valence-corrected chi connectivity index (χ2v) is 5.30. The Hall–Kier alpha value is -2.15. The summed E-state index contributed by atoms with van der Waals surface area (Å²) in [6.45, 7) is 4.30. The van der Waals surface area contributed by atoms with Crippen LogP contribution < -0.4 is 5.32 Å². The van der Waals surface area contributed by atoms with Gasteiger partial charge in [0.25, 0.3) is 5.91 Å². The van der Waals surface area contributed by atoms with Crippen molar-refractivity contribution in [1.29, 1.82) is 0 Å². The molecule has 1 fully saturated rings. The number of hydrogen-bond donors (Lipinski definition) is 1. The van der Waals surface area contributed by atoms with Gasteiger partial charge in [0, 0.05) is 12.6 Å². The van der Waals surface area contributed by atoms with Gasteiger partial charge in [-0.05, 0) is 31.6 Å². The van der Waals surface area contributed by atoms with Crippen LogP contribution in [-0.2, 0) is 9.53 Å². The summed E-state index contributed by atoms with van der Waals surface area (Å²) < 4.78 is 10.1. The third-order valence-electron chi connectivity index (χ3n) is 3.33. The van der Waals surface area contributed by atoms with Crippen molar-refractivity contribution in [3.63, 3.8) is 0 Å². The molecule has 1 saturated heterocycles. The molecule has 1 amide bonds. The fourth-order valence-electron chi connectivity index (χ4n) is 2.12. The third-order valence-corrected chi connectivity index (χ3v) is 3.65. The van der Waals surface area contributed by atoms with E-state index in [-0.39, 0.29) is 5.91 Å². The second kappa shape index (κ2) is 6.74. The maximum atomic E-state index is 12.3. The molecule has 22 heavy (non-hydrogen) atoms. The standard InChI is InChI=1S/C15H18N2O4S/c1-4-5-6-17-13(18)12(16-15(17)22)8-10-7-11(9(2)21-10)14(19)20-3/h7-8H,4-6H2,1-3H3,(H,16,22). The summed E-state index contributed by atoms with van der Waals surface area (Å²) in [4.78, 5) is 25.4. The lowest BCUT2D eigenvalue weighted by molar-refractivity contribution is -0.122. The number of carbonyl (C=O) groups excluding carboxylic acids is 2. The van der Waals surface area contributed by atoms with Gasteiger partial charge < -0.3 is 14.5 Å². The van der Waals surface area contributed by atoms with Gasteiger partial charge >= 0.3 is 5.97 Å². The number of rotatable bonds is 5. The predicted octanol–water partition coefficient (Wildman–Crippen LogP) is 2.23. The molecule has 0 bridgehead atoms. The molecular formula is C15H18N2O4S. The van der Waals surface area contributed by atoms with Crippen LogP contribution in [0, 0.1) is 6.92 Å². The average molecular weight is 322 g/mol. The van der Waals surface area contributed by atoms with Crippen LogP contribution in [0.5, 0.6) is 0 Å². The molecule has 1 aromatic heterocycles. The first-order chi connectivity index (χ1) is 10.5. The maximum Gasteiger partial charge on any atom is 0.341 e. The number of thiocarbonyl (C=S) groups is 1. The van der Waals surface area contributed by atoms with E-state index < -0.39 is 5.97 Å². The molecule has 0 radical (unpaired) electrons. The van der Waals surface area contributed by atoms with Crippen molar-refractivity contribution in [3.05, 3.63) is 28.8 Å². The molecule has 0 unspecified atom stereocenters. The summed E-state index contributed by atoms with van der Waals surface area (Å²) in [5.41, 5.74) is 0.677. The van der Waals surface area contributed by atoms with E-state index in [2.05, 4.69) is 10.1 Å². The SMILES string of the molecule is CCCCN1C(=O)C(=Cc2cc(C(=O)OC)c(C)o2)NC1=S. The molecule has 0 spiro atoms. The van der Waals surface area contributed by atoms with E-state index in [0.717, 1.165) is 12.8 Å². The zero-order chi connectivity index (χ0) is 16.3. The average Bonchev–Trinajstić information content (AvgIpc) is 2.98.